The largest absolute Gasteiger partial charge is 0.496 e. The fourth-order valence-corrected chi connectivity index (χ4v) is 3.81. The van der Waals surface area contributed by atoms with Gasteiger partial charge in [0.05, 0.1) is 29.6 Å². The minimum Gasteiger partial charge on any atom is -0.496 e. The number of amides is 1. The maximum Gasteiger partial charge on any atom is 0.275 e. The predicted molar refractivity (Wildman–Crippen MR) is 134 cm³/mol. The molecule has 1 N–H and O–H groups in total. The smallest absolute Gasteiger partial charge is 0.275 e. The number of hydrogen-bond donors (Lipinski definition) is 1. The van der Waals surface area contributed by atoms with Crippen molar-refractivity contribution in [2.75, 3.05) is 14.2 Å². The van der Waals surface area contributed by atoms with Crippen molar-refractivity contribution in [1.82, 2.24) is 5.43 Å². The van der Waals surface area contributed by atoms with E-state index < -0.39 is 0 Å². The average Bonchev–Trinajstić information content (AvgIpc) is 2.78. The van der Waals surface area contributed by atoms with E-state index in [0.29, 0.717) is 34.4 Å². The Kier molecular flexibility index (Phi) is 8.35. The number of nitrogens with zero attached hydrogens (tertiary/aromatic N) is 1. The number of carbonyl (C=O) groups is 1. The molecule has 0 bridgehead atoms. The van der Waals surface area contributed by atoms with Crippen LogP contribution in [0.4, 0.5) is 0 Å². The highest BCUT2D eigenvalue weighted by molar-refractivity contribution is 14.1. The van der Waals surface area contributed by atoms with E-state index in [1.807, 2.05) is 43.3 Å². The summed E-state index contributed by atoms with van der Waals surface area (Å²) in [5.41, 5.74) is 5.69. The van der Waals surface area contributed by atoms with Crippen LogP contribution in [0.1, 0.15) is 27.0 Å². The molecule has 0 aliphatic heterocycles. The molecule has 0 heterocycles. The summed E-state index contributed by atoms with van der Waals surface area (Å²) in [6.07, 6.45) is 1.55. The van der Waals surface area contributed by atoms with Crippen LogP contribution in [-0.4, -0.2) is 26.3 Å². The molecule has 0 aliphatic carbocycles. The van der Waals surface area contributed by atoms with Crippen molar-refractivity contribution < 1.29 is 19.0 Å². The molecule has 0 atom stereocenters. The van der Waals surface area contributed by atoms with Crippen LogP contribution in [0.5, 0.6) is 17.2 Å². The second-order valence-corrected chi connectivity index (χ2v) is 8.45. The van der Waals surface area contributed by atoms with E-state index in [-0.39, 0.29) is 5.91 Å². The van der Waals surface area contributed by atoms with Gasteiger partial charge in [0.1, 0.15) is 12.4 Å². The van der Waals surface area contributed by atoms with Crippen LogP contribution < -0.4 is 19.6 Å². The normalized spacial score (nSPS) is 10.8. The number of benzene rings is 3. The van der Waals surface area contributed by atoms with Crippen LogP contribution >= 0.6 is 34.2 Å². The minimum absolute atomic E-state index is 0.359. The molecule has 1 amide bonds. The second kappa shape index (κ2) is 11.2. The SMILES string of the molecule is COc1cc(C)ccc1C(=O)N/N=C\c1cc(I)c(OCc2ccc(Cl)cc2)c(OC)c1. The third kappa shape index (κ3) is 6.14. The molecule has 0 spiro atoms. The van der Waals surface area contributed by atoms with Gasteiger partial charge >= 0.3 is 0 Å². The zero-order valence-electron chi connectivity index (χ0n) is 17.8. The number of aryl methyl sites for hydroxylation is 1. The predicted octanol–water partition coefficient (Wildman–Crippen LogP) is 5.61. The zero-order chi connectivity index (χ0) is 23.1. The van der Waals surface area contributed by atoms with Crippen molar-refractivity contribution in [2.45, 2.75) is 13.5 Å². The Morgan fingerprint density at radius 1 is 1.06 bits per heavy atom. The van der Waals surface area contributed by atoms with Gasteiger partial charge in [-0.3, -0.25) is 4.79 Å². The monoisotopic (exact) mass is 564 g/mol. The molecule has 0 saturated heterocycles. The fourth-order valence-electron chi connectivity index (χ4n) is 2.90. The van der Waals surface area contributed by atoms with E-state index >= 15 is 0 Å². The summed E-state index contributed by atoms with van der Waals surface area (Å²) in [4.78, 5) is 12.5. The molecular formula is C24H22ClIN2O4. The lowest BCUT2D eigenvalue weighted by Gasteiger charge is -2.13. The minimum atomic E-state index is -0.359. The Balaban J connectivity index is 1.70. The van der Waals surface area contributed by atoms with E-state index in [1.165, 1.54) is 7.11 Å². The summed E-state index contributed by atoms with van der Waals surface area (Å²) in [5, 5.41) is 4.75. The molecule has 0 unspecified atom stereocenters. The van der Waals surface area contributed by atoms with Crippen LogP contribution in [0.15, 0.2) is 59.7 Å². The lowest BCUT2D eigenvalue weighted by molar-refractivity contribution is 0.0952. The van der Waals surface area contributed by atoms with Gasteiger partial charge in [-0.25, -0.2) is 5.43 Å². The van der Waals surface area contributed by atoms with Crippen molar-refractivity contribution in [3.05, 3.63) is 85.4 Å². The van der Waals surface area contributed by atoms with Crippen LogP contribution in [0.2, 0.25) is 5.02 Å². The Morgan fingerprint density at radius 2 is 1.78 bits per heavy atom. The van der Waals surface area contributed by atoms with Gasteiger partial charge in [0, 0.05) is 5.02 Å². The van der Waals surface area contributed by atoms with Crippen LogP contribution in [-0.2, 0) is 6.61 Å². The van der Waals surface area contributed by atoms with Gasteiger partial charge in [0.2, 0.25) is 0 Å². The molecule has 8 heteroatoms. The highest BCUT2D eigenvalue weighted by Crippen LogP contribution is 2.34. The summed E-state index contributed by atoms with van der Waals surface area (Å²) >= 11 is 8.11. The van der Waals surface area contributed by atoms with Crippen LogP contribution in [0, 0.1) is 10.5 Å². The summed E-state index contributed by atoms with van der Waals surface area (Å²) in [6, 6.07) is 16.5. The van der Waals surface area contributed by atoms with Crippen molar-refractivity contribution in [2.24, 2.45) is 5.10 Å². The number of halogens is 2. The second-order valence-electron chi connectivity index (χ2n) is 6.85. The highest BCUT2D eigenvalue weighted by Gasteiger charge is 2.13. The van der Waals surface area contributed by atoms with E-state index in [2.05, 4.69) is 33.1 Å². The van der Waals surface area contributed by atoms with Gasteiger partial charge in [0.25, 0.3) is 5.91 Å². The van der Waals surface area contributed by atoms with Crippen molar-refractivity contribution >= 4 is 46.3 Å². The fraction of sp³-hybridized carbons (Fsp3) is 0.167. The molecule has 0 aliphatic rings. The molecule has 166 valence electrons. The average molecular weight is 565 g/mol. The molecule has 3 aromatic rings. The Labute approximate surface area is 205 Å². The van der Waals surface area contributed by atoms with Gasteiger partial charge in [0.15, 0.2) is 11.5 Å². The van der Waals surface area contributed by atoms with Crippen molar-refractivity contribution in [3.8, 4) is 17.2 Å². The van der Waals surface area contributed by atoms with E-state index in [0.717, 1.165) is 20.3 Å². The zero-order valence-corrected chi connectivity index (χ0v) is 20.7. The number of nitrogens with one attached hydrogen (secondary N) is 1. The molecule has 3 rings (SSSR count). The summed E-state index contributed by atoms with van der Waals surface area (Å²) in [6.45, 7) is 2.31. The molecule has 3 aromatic carbocycles. The quantitative estimate of drug-likeness (QED) is 0.219. The maximum absolute atomic E-state index is 12.5. The molecule has 0 radical (unpaired) electrons. The number of carbonyl (C=O) groups excluding carboxylic acids is 1. The highest BCUT2D eigenvalue weighted by atomic mass is 127. The van der Waals surface area contributed by atoms with Crippen molar-refractivity contribution in [1.29, 1.82) is 0 Å². The maximum atomic E-state index is 12.5. The van der Waals surface area contributed by atoms with Crippen LogP contribution in [0.3, 0.4) is 0 Å². The molecule has 0 saturated carbocycles. The van der Waals surface area contributed by atoms with Gasteiger partial charge in [-0.05, 0) is 82.6 Å². The molecular weight excluding hydrogens is 543 g/mol. The lowest BCUT2D eigenvalue weighted by Crippen LogP contribution is -2.18. The first kappa shape index (κ1) is 23.9. The number of ether oxygens (including phenoxy) is 3. The molecule has 0 fully saturated rings. The molecule has 32 heavy (non-hydrogen) atoms. The van der Waals surface area contributed by atoms with Gasteiger partial charge < -0.3 is 14.2 Å². The first-order valence-electron chi connectivity index (χ1n) is 9.64. The van der Waals surface area contributed by atoms with Gasteiger partial charge in [-0.1, -0.05) is 29.8 Å². The summed E-state index contributed by atoms with van der Waals surface area (Å²) < 4.78 is 17.6. The number of rotatable bonds is 8. The third-order valence-corrected chi connectivity index (χ3v) is 5.58. The standard InChI is InChI=1S/C24H22ClIN2O4/c1-15-4-9-19(21(10-15)30-2)24(29)28-27-13-17-11-20(26)23(22(12-17)31-3)32-14-16-5-7-18(25)8-6-16/h4-13H,14H2,1-3H3,(H,28,29)/b27-13-. The molecule has 6 nitrogen and oxygen atoms in total. The number of hydrazone groups is 1. The third-order valence-electron chi connectivity index (χ3n) is 4.53. The van der Waals surface area contributed by atoms with Gasteiger partial charge in [-0.2, -0.15) is 5.10 Å². The van der Waals surface area contributed by atoms with E-state index in [1.54, 1.807) is 31.5 Å². The Morgan fingerprint density at radius 3 is 2.47 bits per heavy atom. The Bertz CT molecular complexity index is 1130. The topological polar surface area (TPSA) is 69.2 Å². The lowest BCUT2D eigenvalue weighted by atomic mass is 10.1. The number of methoxy groups -OCH3 is 2. The number of hydrogen-bond acceptors (Lipinski definition) is 5. The summed E-state index contributed by atoms with van der Waals surface area (Å²) in [5.74, 6) is 1.34. The Hall–Kier alpha value is -2.78. The van der Waals surface area contributed by atoms with Crippen molar-refractivity contribution in [3.63, 3.8) is 0 Å². The molecule has 0 aromatic heterocycles. The summed E-state index contributed by atoms with van der Waals surface area (Å²) in [7, 11) is 3.10. The van der Waals surface area contributed by atoms with E-state index in [9.17, 15) is 4.79 Å². The van der Waals surface area contributed by atoms with Crippen LogP contribution in [0.25, 0.3) is 0 Å². The first-order chi connectivity index (χ1) is 15.4. The van der Waals surface area contributed by atoms with Gasteiger partial charge in [-0.15, -0.1) is 0 Å². The first-order valence-corrected chi connectivity index (χ1v) is 11.1. The van der Waals surface area contributed by atoms with E-state index in [4.69, 9.17) is 25.8 Å².